The van der Waals surface area contributed by atoms with Gasteiger partial charge >= 0.3 is 12.1 Å². The van der Waals surface area contributed by atoms with Crippen LogP contribution in [0.15, 0.2) is 64.5 Å². The summed E-state index contributed by atoms with van der Waals surface area (Å²) in [4.78, 5) is 29.4. The molecule has 4 rings (SSSR count). The number of fused-ring (bicyclic) bond motifs is 1. The summed E-state index contributed by atoms with van der Waals surface area (Å²) in [6.45, 7) is 8.71. The first kappa shape index (κ1) is 25.6. The smallest absolute Gasteiger partial charge is 0.410 e. The molecule has 1 saturated heterocycles. The second-order valence-electron chi connectivity index (χ2n) is 9.48. The van der Waals surface area contributed by atoms with Crippen LogP contribution in [0.25, 0.3) is 5.52 Å². The summed E-state index contributed by atoms with van der Waals surface area (Å²) in [6, 6.07) is 13.2. The van der Waals surface area contributed by atoms with E-state index in [1.54, 1.807) is 58.8 Å². The van der Waals surface area contributed by atoms with Crippen LogP contribution in [0.3, 0.4) is 0 Å². The van der Waals surface area contributed by atoms with Crippen LogP contribution in [0.2, 0.25) is 0 Å². The van der Waals surface area contributed by atoms with Gasteiger partial charge in [0.2, 0.25) is 9.84 Å². The summed E-state index contributed by atoms with van der Waals surface area (Å²) < 4.78 is 40.2. The van der Waals surface area contributed by atoms with Crippen LogP contribution >= 0.6 is 0 Å². The third-order valence-corrected chi connectivity index (χ3v) is 7.65. The molecule has 0 saturated carbocycles. The standard InChI is InChI=1S/C26H31N3O6S/c1-5-34-24(30)21-22(36(32,33)19-11-7-6-8-12-19)20-13-9-10-14-29(20)23(21)27-15-17-28(18-16-27)25(31)35-26(2,3)4/h6-14H,5,15-18H2,1-4H3. The highest BCUT2D eigenvalue weighted by atomic mass is 32.2. The molecule has 36 heavy (non-hydrogen) atoms. The Balaban J connectivity index is 1.81. The van der Waals surface area contributed by atoms with Crippen molar-refractivity contribution in [2.45, 2.75) is 43.1 Å². The number of rotatable bonds is 5. The van der Waals surface area contributed by atoms with E-state index < -0.39 is 27.5 Å². The maximum Gasteiger partial charge on any atom is 0.410 e. The van der Waals surface area contributed by atoms with Gasteiger partial charge in [0.1, 0.15) is 21.9 Å². The van der Waals surface area contributed by atoms with E-state index >= 15 is 0 Å². The van der Waals surface area contributed by atoms with Gasteiger partial charge in [-0.25, -0.2) is 18.0 Å². The molecule has 1 fully saturated rings. The summed E-state index contributed by atoms with van der Waals surface area (Å²) in [6.07, 6.45) is 1.33. The van der Waals surface area contributed by atoms with Crippen molar-refractivity contribution >= 4 is 33.2 Å². The Morgan fingerprint density at radius 2 is 1.58 bits per heavy atom. The molecule has 1 amide bonds. The zero-order valence-corrected chi connectivity index (χ0v) is 21.7. The molecule has 10 heteroatoms. The molecule has 192 valence electrons. The topological polar surface area (TPSA) is 97.6 Å². The molecular formula is C26H31N3O6S. The lowest BCUT2D eigenvalue weighted by Gasteiger charge is -2.36. The number of nitrogens with zero attached hydrogens (tertiary/aromatic N) is 3. The average Bonchev–Trinajstić information content (AvgIpc) is 3.20. The zero-order valence-electron chi connectivity index (χ0n) is 20.9. The van der Waals surface area contributed by atoms with Gasteiger partial charge in [0, 0.05) is 32.4 Å². The molecule has 3 aromatic rings. The van der Waals surface area contributed by atoms with Crippen LogP contribution in [-0.2, 0) is 19.3 Å². The van der Waals surface area contributed by atoms with Crippen LogP contribution in [0.1, 0.15) is 38.1 Å². The van der Waals surface area contributed by atoms with Gasteiger partial charge in [-0.2, -0.15) is 0 Å². The Morgan fingerprint density at radius 3 is 2.19 bits per heavy atom. The molecule has 0 unspecified atom stereocenters. The minimum atomic E-state index is -4.05. The van der Waals surface area contributed by atoms with Crippen molar-refractivity contribution in [3.8, 4) is 0 Å². The predicted molar refractivity (Wildman–Crippen MR) is 135 cm³/mol. The number of ether oxygens (including phenoxy) is 2. The van der Waals surface area contributed by atoms with E-state index in [0.717, 1.165) is 0 Å². The number of pyridine rings is 1. The molecule has 0 aliphatic carbocycles. The number of carbonyl (C=O) groups is 2. The summed E-state index contributed by atoms with van der Waals surface area (Å²) >= 11 is 0. The van der Waals surface area contributed by atoms with Gasteiger partial charge in [0.25, 0.3) is 0 Å². The van der Waals surface area contributed by atoms with Gasteiger partial charge < -0.3 is 23.7 Å². The molecule has 0 N–H and O–H groups in total. The molecule has 0 atom stereocenters. The molecule has 1 aliphatic heterocycles. The highest BCUT2D eigenvalue weighted by Gasteiger charge is 2.37. The molecule has 2 aromatic heterocycles. The highest BCUT2D eigenvalue weighted by molar-refractivity contribution is 7.91. The lowest BCUT2D eigenvalue weighted by atomic mass is 10.2. The second-order valence-corrected chi connectivity index (χ2v) is 11.4. The Kier molecular flexibility index (Phi) is 6.99. The molecule has 3 heterocycles. The van der Waals surface area contributed by atoms with Gasteiger partial charge in [-0.15, -0.1) is 0 Å². The van der Waals surface area contributed by atoms with E-state index in [1.807, 2.05) is 25.7 Å². The van der Waals surface area contributed by atoms with Crippen molar-refractivity contribution < 1.29 is 27.5 Å². The Morgan fingerprint density at radius 1 is 0.944 bits per heavy atom. The number of anilines is 1. The van der Waals surface area contributed by atoms with Crippen LogP contribution in [0.4, 0.5) is 10.6 Å². The first-order valence-electron chi connectivity index (χ1n) is 11.9. The largest absolute Gasteiger partial charge is 0.462 e. The number of hydrogen-bond acceptors (Lipinski definition) is 7. The fourth-order valence-corrected chi connectivity index (χ4v) is 5.91. The van der Waals surface area contributed by atoms with E-state index in [4.69, 9.17) is 9.47 Å². The summed E-state index contributed by atoms with van der Waals surface area (Å²) in [5, 5.41) is 0. The second kappa shape index (κ2) is 9.85. The minimum Gasteiger partial charge on any atom is -0.462 e. The van der Waals surface area contributed by atoms with E-state index in [0.29, 0.717) is 37.5 Å². The van der Waals surface area contributed by atoms with Gasteiger partial charge in [0.15, 0.2) is 0 Å². The average molecular weight is 514 g/mol. The zero-order chi connectivity index (χ0) is 26.1. The van der Waals surface area contributed by atoms with Crippen LogP contribution < -0.4 is 4.90 Å². The Bertz CT molecular complexity index is 1370. The van der Waals surface area contributed by atoms with E-state index in [-0.39, 0.29) is 22.0 Å². The molecule has 0 spiro atoms. The minimum absolute atomic E-state index is 0.00220. The van der Waals surface area contributed by atoms with Crippen molar-refractivity contribution in [3.05, 3.63) is 60.3 Å². The molecule has 1 aromatic carbocycles. The quantitative estimate of drug-likeness (QED) is 0.476. The number of carbonyl (C=O) groups excluding carboxylic acids is 2. The number of piperazine rings is 1. The number of sulfone groups is 1. The molecule has 1 aliphatic rings. The summed E-state index contributed by atoms with van der Waals surface area (Å²) in [7, 11) is -4.05. The van der Waals surface area contributed by atoms with Crippen molar-refractivity contribution in [1.29, 1.82) is 0 Å². The van der Waals surface area contributed by atoms with Crippen molar-refractivity contribution in [3.63, 3.8) is 0 Å². The summed E-state index contributed by atoms with van der Waals surface area (Å²) in [5.41, 5.74) is -0.226. The lowest BCUT2D eigenvalue weighted by Crippen LogP contribution is -2.50. The Hall–Kier alpha value is -3.53. The monoisotopic (exact) mass is 513 g/mol. The fourth-order valence-electron chi connectivity index (χ4n) is 4.28. The molecule has 0 radical (unpaired) electrons. The number of esters is 1. The fraction of sp³-hybridized carbons (Fsp3) is 0.385. The number of benzene rings is 1. The van der Waals surface area contributed by atoms with Crippen molar-refractivity contribution in [2.24, 2.45) is 0 Å². The predicted octanol–water partition coefficient (Wildman–Crippen LogP) is 4.01. The lowest BCUT2D eigenvalue weighted by molar-refractivity contribution is 0.0239. The number of hydrogen-bond donors (Lipinski definition) is 0. The van der Waals surface area contributed by atoms with Crippen LogP contribution in [-0.4, -0.2) is 68.2 Å². The third-order valence-electron chi connectivity index (χ3n) is 5.80. The molecule has 9 nitrogen and oxygen atoms in total. The van der Waals surface area contributed by atoms with Crippen LogP contribution in [0, 0.1) is 0 Å². The van der Waals surface area contributed by atoms with E-state index in [1.165, 1.54) is 12.1 Å². The van der Waals surface area contributed by atoms with Gasteiger partial charge in [-0.3, -0.25) is 0 Å². The molecular weight excluding hydrogens is 482 g/mol. The number of aromatic nitrogens is 1. The van der Waals surface area contributed by atoms with E-state index in [9.17, 15) is 18.0 Å². The molecule has 0 bridgehead atoms. The maximum atomic E-state index is 13.8. The van der Waals surface area contributed by atoms with Gasteiger partial charge in [-0.05, 0) is 52.0 Å². The highest BCUT2D eigenvalue weighted by Crippen LogP contribution is 2.38. The van der Waals surface area contributed by atoms with Crippen molar-refractivity contribution in [2.75, 3.05) is 37.7 Å². The first-order chi connectivity index (χ1) is 17.0. The SMILES string of the molecule is CCOC(=O)c1c(S(=O)(=O)c2ccccc2)c2ccccn2c1N1CCN(C(=O)OC(C)(C)C)CC1. The number of amides is 1. The maximum absolute atomic E-state index is 13.8. The normalized spacial score (nSPS) is 14.7. The van der Waals surface area contributed by atoms with Gasteiger partial charge in [0.05, 0.1) is 17.0 Å². The van der Waals surface area contributed by atoms with Gasteiger partial charge in [-0.1, -0.05) is 24.3 Å². The van der Waals surface area contributed by atoms with Crippen LogP contribution in [0.5, 0.6) is 0 Å². The van der Waals surface area contributed by atoms with Crippen molar-refractivity contribution in [1.82, 2.24) is 9.30 Å². The summed E-state index contributed by atoms with van der Waals surface area (Å²) in [5.74, 6) is -0.275. The Labute approximate surface area is 211 Å². The van der Waals surface area contributed by atoms with E-state index in [2.05, 4.69) is 0 Å². The first-order valence-corrected chi connectivity index (χ1v) is 13.4. The third kappa shape index (κ3) is 4.90.